The van der Waals surface area contributed by atoms with Crippen LogP contribution in [0.2, 0.25) is 0 Å². The zero-order valence-corrected chi connectivity index (χ0v) is 20.6. The summed E-state index contributed by atoms with van der Waals surface area (Å²) in [5.74, 6) is -2.34. The van der Waals surface area contributed by atoms with E-state index >= 15 is 4.39 Å². The van der Waals surface area contributed by atoms with Crippen LogP contribution in [0.1, 0.15) is 19.3 Å². The van der Waals surface area contributed by atoms with E-state index in [9.17, 15) is 23.9 Å². The van der Waals surface area contributed by atoms with E-state index in [1.807, 2.05) is 0 Å². The first kappa shape index (κ1) is 26.0. The highest BCUT2D eigenvalue weighted by atomic mass is 19.1. The van der Waals surface area contributed by atoms with Crippen LogP contribution in [0, 0.1) is 17.0 Å². The molecule has 3 aromatic rings. The number of amides is 4. The maximum atomic E-state index is 15.4. The van der Waals surface area contributed by atoms with Gasteiger partial charge in [-0.25, -0.2) is 18.6 Å². The first-order valence-corrected chi connectivity index (χ1v) is 12.2. The van der Waals surface area contributed by atoms with Gasteiger partial charge < -0.3 is 20.5 Å². The summed E-state index contributed by atoms with van der Waals surface area (Å²) in [5, 5.41) is 12.3. The van der Waals surface area contributed by atoms with E-state index in [0.29, 0.717) is 13.0 Å². The summed E-state index contributed by atoms with van der Waals surface area (Å²) < 4.78 is 34.7. The molecule has 2 heterocycles. The second-order valence-corrected chi connectivity index (χ2v) is 9.47. The summed E-state index contributed by atoms with van der Waals surface area (Å²) in [7, 11) is 0. The quantitative estimate of drug-likeness (QED) is 0.393. The smallest absolute Gasteiger partial charge is 0.323 e. The van der Waals surface area contributed by atoms with E-state index in [1.165, 1.54) is 47.5 Å². The van der Waals surface area contributed by atoms with Crippen molar-refractivity contribution >= 4 is 35.0 Å². The average Bonchev–Trinajstić information content (AvgIpc) is 3.61. The number of urea groups is 1. The molecule has 2 fully saturated rings. The lowest BCUT2D eigenvalue weighted by Crippen LogP contribution is -2.41. The molecule has 202 valence electrons. The highest BCUT2D eigenvalue weighted by molar-refractivity contribution is 6.16. The van der Waals surface area contributed by atoms with Gasteiger partial charge in [-0.15, -0.1) is 0 Å². The normalized spacial score (nSPS) is 17.4. The highest BCUT2D eigenvalue weighted by Crippen LogP contribution is 2.49. The molecule has 5 rings (SSSR count). The summed E-state index contributed by atoms with van der Waals surface area (Å²) in [6.07, 6.45) is 1.82. The van der Waals surface area contributed by atoms with Crippen molar-refractivity contribution < 1.29 is 33.0 Å². The summed E-state index contributed by atoms with van der Waals surface area (Å²) in [6.45, 7) is 0.651. The first-order chi connectivity index (χ1) is 18.7. The topological polar surface area (TPSA) is 138 Å². The van der Waals surface area contributed by atoms with Crippen LogP contribution in [0.4, 0.5) is 30.8 Å². The maximum Gasteiger partial charge on any atom is 0.323 e. The van der Waals surface area contributed by atoms with E-state index in [1.54, 1.807) is 0 Å². The molecule has 1 aliphatic carbocycles. The van der Waals surface area contributed by atoms with Gasteiger partial charge in [-0.3, -0.25) is 19.8 Å². The van der Waals surface area contributed by atoms with Crippen LogP contribution >= 0.6 is 0 Å². The van der Waals surface area contributed by atoms with Crippen LogP contribution in [-0.4, -0.2) is 52.0 Å². The Balaban J connectivity index is 1.37. The number of β-amino-alcohol motifs (C(OH)–C–C–N with tert-alkyl or cyclic N) is 1. The molecule has 2 aromatic carbocycles. The molecule has 1 unspecified atom stereocenters. The van der Waals surface area contributed by atoms with Gasteiger partial charge in [0.1, 0.15) is 28.5 Å². The number of nitrogens with zero attached hydrogens (tertiary/aromatic N) is 3. The van der Waals surface area contributed by atoms with E-state index in [0.717, 1.165) is 23.1 Å². The van der Waals surface area contributed by atoms with Crippen LogP contribution in [0.3, 0.4) is 0 Å². The fourth-order valence-corrected chi connectivity index (χ4v) is 4.39. The predicted octanol–water partition coefficient (Wildman–Crippen LogP) is 3.68. The van der Waals surface area contributed by atoms with Crippen LogP contribution in [-0.2, 0) is 9.59 Å². The molecular weight excluding hydrogens is 512 g/mol. The Labute approximate surface area is 222 Å². The fourth-order valence-electron chi connectivity index (χ4n) is 4.39. The third-order valence-corrected chi connectivity index (χ3v) is 6.73. The number of hydrogen-bond donors (Lipinski definition) is 3. The number of ether oxygens (including phenoxy) is 1. The number of nitrogens with two attached hydrogens (primary N) is 1. The van der Waals surface area contributed by atoms with Gasteiger partial charge >= 0.3 is 6.03 Å². The third-order valence-electron chi connectivity index (χ3n) is 6.73. The zero-order valence-electron chi connectivity index (χ0n) is 20.6. The van der Waals surface area contributed by atoms with E-state index in [2.05, 4.69) is 10.3 Å². The number of carbonyl (C=O) groups is 3. The van der Waals surface area contributed by atoms with Gasteiger partial charge in [0.2, 0.25) is 11.8 Å². The largest absolute Gasteiger partial charge is 0.457 e. The molecule has 10 nitrogen and oxygen atoms in total. The number of nitrogens with one attached hydrogen (secondary N) is 1. The fraction of sp³-hybridized carbons (Fsp3) is 0.259. The van der Waals surface area contributed by atoms with Gasteiger partial charge in [0.05, 0.1) is 11.8 Å². The molecule has 0 radical (unpaired) electrons. The lowest BCUT2D eigenvalue weighted by atomic mass is 10.0. The summed E-state index contributed by atoms with van der Waals surface area (Å²) >= 11 is 0. The summed E-state index contributed by atoms with van der Waals surface area (Å²) in [6, 6.07) is 11.2. The molecule has 4 N–H and O–H groups in total. The molecule has 39 heavy (non-hydrogen) atoms. The number of pyridine rings is 1. The standard InChI is InChI=1S/C27H25F2N5O5/c28-16-1-3-17(4-2-16)34(25(37)27(9-10-27)24(30)36)22-6-5-19(13-21(22)29)39-20-7-11-31-23(14-20)32-26(38)33-12-8-18(35)15-33/h1-7,11,13-14,18,35H,8-10,12,15H2,(H2,30,36)(H,31,32,38). The van der Waals surface area contributed by atoms with Gasteiger partial charge in [-0.1, -0.05) is 0 Å². The zero-order chi connectivity index (χ0) is 27.7. The van der Waals surface area contributed by atoms with E-state index in [-0.39, 0.29) is 48.1 Å². The van der Waals surface area contributed by atoms with Crippen molar-refractivity contribution in [2.24, 2.45) is 11.1 Å². The Hall–Kier alpha value is -4.58. The minimum absolute atomic E-state index is 0.0879. The number of aliphatic hydroxyl groups excluding tert-OH is 1. The monoisotopic (exact) mass is 537 g/mol. The Morgan fingerprint density at radius 1 is 1.08 bits per heavy atom. The molecule has 0 spiro atoms. The van der Waals surface area contributed by atoms with Crippen molar-refractivity contribution in [1.82, 2.24) is 9.88 Å². The number of anilines is 3. The molecule has 0 bridgehead atoms. The highest BCUT2D eigenvalue weighted by Gasteiger charge is 2.57. The van der Waals surface area contributed by atoms with Gasteiger partial charge in [-0.05, 0) is 61.7 Å². The number of hydrogen-bond acceptors (Lipinski definition) is 6. The molecule has 1 aliphatic heterocycles. The van der Waals surface area contributed by atoms with Crippen LogP contribution in [0.15, 0.2) is 60.8 Å². The third kappa shape index (κ3) is 5.36. The Morgan fingerprint density at radius 3 is 2.41 bits per heavy atom. The second-order valence-electron chi connectivity index (χ2n) is 9.47. The number of aromatic nitrogens is 1. The van der Waals surface area contributed by atoms with Crippen molar-refractivity contribution in [3.05, 3.63) is 72.4 Å². The minimum atomic E-state index is -1.44. The second kappa shape index (κ2) is 10.3. The number of carbonyl (C=O) groups excluding carboxylic acids is 3. The van der Waals surface area contributed by atoms with Crippen molar-refractivity contribution in [2.45, 2.75) is 25.4 Å². The SMILES string of the molecule is NC(=O)C1(C(=O)N(c2ccc(F)cc2)c2ccc(Oc3ccnc(NC(=O)N4CCC(O)C4)c3)cc2F)CC1. The first-order valence-electron chi connectivity index (χ1n) is 12.2. The van der Waals surface area contributed by atoms with Crippen molar-refractivity contribution in [2.75, 3.05) is 23.3 Å². The number of primary amides is 1. The van der Waals surface area contributed by atoms with Gasteiger partial charge in [-0.2, -0.15) is 0 Å². The average molecular weight is 538 g/mol. The van der Waals surface area contributed by atoms with Crippen LogP contribution < -0.4 is 20.7 Å². The molecule has 1 atom stereocenters. The molecule has 2 aliphatic rings. The lowest BCUT2D eigenvalue weighted by Gasteiger charge is -2.27. The predicted molar refractivity (Wildman–Crippen MR) is 136 cm³/mol. The molecule has 1 saturated heterocycles. The van der Waals surface area contributed by atoms with Gasteiger partial charge in [0.15, 0.2) is 5.82 Å². The van der Waals surface area contributed by atoms with Crippen LogP contribution in [0.5, 0.6) is 11.5 Å². The summed E-state index contributed by atoms with van der Waals surface area (Å²) in [5.41, 5.74) is 4.04. The Bertz CT molecular complexity index is 1430. The number of likely N-dealkylation sites (tertiary alicyclic amines) is 1. The number of aliphatic hydroxyl groups is 1. The molecule has 4 amide bonds. The van der Waals surface area contributed by atoms with E-state index in [4.69, 9.17) is 10.5 Å². The molecule has 1 aromatic heterocycles. The number of rotatable bonds is 7. The van der Waals surface area contributed by atoms with Gasteiger partial charge in [0, 0.05) is 37.1 Å². The summed E-state index contributed by atoms with van der Waals surface area (Å²) in [4.78, 5) is 44.4. The number of benzene rings is 2. The van der Waals surface area contributed by atoms with E-state index < -0.39 is 41.0 Å². The molecule has 1 saturated carbocycles. The van der Waals surface area contributed by atoms with Crippen LogP contribution in [0.25, 0.3) is 0 Å². The van der Waals surface area contributed by atoms with Crippen molar-refractivity contribution in [3.8, 4) is 11.5 Å². The maximum absolute atomic E-state index is 15.4. The minimum Gasteiger partial charge on any atom is -0.457 e. The molecule has 12 heteroatoms. The van der Waals surface area contributed by atoms with Crippen molar-refractivity contribution in [1.29, 1.82) is 0 Å². The van der Waals surface area contributed by atoms with Crippen molar-refractivity contribution in [3.63, 3.8) is 0 Å². The molecular formula is C27H25F2N5O5. The number of halogens is 2. The van der Waals surface area contributed by atoms with Gasteiger partial charge in [0.25, 0.3) is 0 Å². The lowest BCUT2D eigenvalue weighted by molar-refractivity contribution is -0.133. The Morgan fingerprint density at radius 2 is 1.79 bits per heavy atom. The Kier molecular flexibility index (Phi) is 6.87.